The second-order valence-corrected chi connectivity index (χ2v) is 7.83. The van der Waals surface area contributed by atoms with Gasteiger partial charge in [0.15, 0.2) is 0 Å². The van der Waals surface area contributed by atoms with Gasteiger partial charge in [0.25, 0.3) is 5.91 Å². The number of nitrogens with zero attached hydrogens (tertiary/aromatic N) is 2. The Balaban J connectivity index is 1.53. The van der Waals surface area contributed by atoms with Crippen LogP contribution in [0.4, 0.5) is 34.6 Å². The van der Waals surface area contributed by atoms with Gasteiger partial charge in [-0.2, -0.15) is 13.2 Å². The summed E-state index contributed by atoms with van der Waals surface area (Å²) < 4.78 is 61.6. The molecule has 180 valence electrons. The number of alkyl halides is 3. The molecule has 1 aliphatic rings. The fraction of sp³-hybridized carbons (Fsp3) is 0.304. The molecule has 0 atom stereocenters. The lowest BCUT2D eigenvalue weighted by molar-refractivity contribution is -0.123. The quantitative estimate of drug-likeness (QED) is 0.502. The fourth-order valence-electron chi connectivity index (χ4n) is 3.57. The molecule has 1 fully saturated rings. The van der Waals surface area contributed by atoms with Crippen molar-refractivity contribution in [1.82, 2.24) is 10.5 Å². The lowest BCUT2D eigenvalue weighted by Gasteiger charge is -2.29. The zero-order valence-electron chi connectivity index (χ0n) is 18.2. The number of hydrogen-bond acceptors (Lipinski definition) is 6. The molecule has 34 heavy (non-hydrogen) atoms. The molecule has 0 saturated carbocycles. The molecule has 1 saturated heterocycles. The molecule has 11 heteroatoms. The highest BCUT2D eigenvalue weighted by molar-refractivity contribution is 5.92. The van der Waals surface area contributed by atoms with Crippen molar-refractivity contribution in [3.8, 4) is 11.3 Å². The number of amides is 1. The summed E-state index contributed by atoms with van der Waals surface area (Å²) in [7, 11) is 0. The third-order valence-electron chi connectivity index (χ3n) is 5.24. The molecule has 2 heterocycles. The summed E-state index contributed by atoms with van der Waals surface area (Å²) in [5.74, 6) is -1.74. The first-order chi connectivity index (χ1) is 16.2. The molecule has 7 nitrogen and oxygen atoms in total. The lowest BCUT2D eigenvalue weighted by atomic mass is 10.0. The van der Waals surface area contributed by atoms with Crippen molar-refractivity contribution in [1.29, 1.82) is 0 Å². The molecule has 4 rings (SSSR count). The first kappa shape index (κ1) is 23.6. The summed E-state index contributed by atoms with van der Waals surface area (Å²) in [5.41, 5.74) is 3.60. The molecule has 0 bridgehead atoms. The maximum absolute atomic E-state index is 14.3. The molecule has 1 amide bonds. The van der Waals surface area contributed by atoms with E-state index in [1.165, 1.54) is 18.2 Å². The number of carbonyl (C=O) groups excluding carboxylic acids is 1. The van der Waals surface area contributed by atoms with Crippen LogP contribution in [0.1, 0.15) is 16.1 Å². The van der Waals surface area contributed by atoms with Crippen LogP contribution in [0.2, 0.25) is 0 Å². The summed E-state index contributed by atoms with van der Waals surface area (Å²) in [4.78, 5) is 14.0. The summed E-state index contributed by atoms with van der Waals surface area (Å²) in [5, 5.41) is 8.74. The van der Waals surface area contributed by atoms with Crippen LogP contribution in [0, 0.1) is 12.7 Å². The van der Waals surface area contributed by atoms with E-state index in [2.05, 4.69) is 10.5 Å². The number of carbonyl (C=O) groups is 1. The Bertz CT molecular complexity index is 1170. The van der Waals surface area contributed by atoms with Crippen LogP contribution in [-0.4, -0.2) is 50.1 Å². The minimum atomic E-state index is -4.53. The second-order valence-electron chi connectivity index (χ2n) is 7.83. The van der Waals surface area contributed by atoms with E-state index < -0.39 is 18.6 Å². The van der Waals surface area contributed by atoms with Crippen molar-refractivity contribution in [2.75, 3.05) is 43.1 Å². The fourth-order valence-corrected chi connectivity index (χ4v) is 3.57. The normalized spacial score (nSPS) is 14.2. The van der Waals surface area contributed by atoms with Gasteiger partial charge in [-0.25, -0.2) is 4.39 Å². The number of nitrogens with one attached hydrogen (secondary N) is 2. The number of hydrogen-bond donors (Lipinski definition) is 2. The Morgan fingerprint density at radius 3 is 2.59 bits per heavy atom. The summed E-state index contributed by atoms with van der Waals surface area (Å²) in [6, 6.07) is 11.3. The van der Waals surface area contributed by atoms with Gasteiger partial charge < -0.3 is 24.8 Å². The summed E-state index contributed by atoms with van der Waals surface area (Å²) in [6.45, 7) is 2.84. The number of benzene rings is 2. The largest absolute Gasteiger partial charge is 0.405 e. The first-order valence-electron chi connectivity index (χ1n) is 10.5. The average molecular weight is 478 g/mol. The maximum Gasteiger partial charge on any atom is 0.405 e. The molecular weight excluding hydrogens is 456 g/mol. The standard InChI is InChI=1S/C23H22F4N4O3/c1-14-2-3-16(29-17-8-15(24)9-18(10-17)31-4-6-33-7-5-31)11-19(14)20-12-21(34-30-20)22(32)28-13-23(25,26)27/h2-3,8-12,29H,4-7,13H2,1H3,(H,28,32). The number of morpholine rings is 1. The van der Waals surface area contributed by atoms with E-state index in [1.807, 2.05) is 17.9 Å². The Kier molecular flexibility index (Phi) is 6.73. The van der Waals surface area contributed by atoms with Gasteiger partial charge in [-0.05, 0) is 42.8 Å². The van der Waals surface area contributed by atoms with Gasteiger partial charge in [-0.1, -0.05) is 11.2 Å². The van der Waals surface area contributed by atoms with Crippen LogP contribution >= 0.6 is 0 Å². The maximum atomic E-state index is 14.3. The minimum absolute atomic E-state index is 0.284. The summed E-state index contributed by atoms with van der Waals surface area (Å²) in [6.07, 6.45) is -4.53. The summed E-state index contributed by atoms with van der Waals surface area (Å²) >= 11 is 0. The minimum Gasteiger partial charge on any atom is -0.378 e. The molecule has 2 N–H and O–H groups in total. The molecule has 0 spiro atoms. The van der Waals surface area contributed by atoms with Crippen molar-refractivity contribution < 1.29 is 31.6 Å². The molecule has 0 unspecified atom stereocenters. The van der Waals surface area contributed by atoms with E-state index in [-0.39, 0.29) is 17.3 Å². The number of aromatic nitrogens is 1. The van der Waals surface area contributed by atoms with E-state index in [0.717, 1.165) is 11.3 Å². The van der Waals surface area contributed by atoms with E-state index in [4.69, 9.17) is 9.26 Å². The first-order valence-corrected chi connectivity index (χ1v) is 10.5. The second kappa shape index (κ2) is 9.72. The monoisotopic (exact) mass is 478 g/mol. The Hall–Kier alpha value is -3.60. The van der Waals surface area contributed by atoms with Crippen molar-refractivity contribution in [3.63, 3.8) is 0 Å². The molecule has 3 aromatic rings. The molecule has 0 radical (unpaired) electrons. The smallest absolute Gasteiger partial charge is 0.378 e. The van der Waals surface area contributed by atoms with Gasteiger partial charge in [-0.15, -0.1) is 0 Å². The van der Waals surface area contributed by atoms with Crippen LogP contribution < -0.4 is 15.5 Å². The van der Waals surface area contributed by atoms with Gasteiger partial charge in [0.05, 0.1) is 13.2 Å². The van der Waals surface area contributed by atoms with Crippen molar-refractivity contribution in [2.45, 2.75) is 13.1 Å². The zero-order chi connectivity index (χ0) is 24.3. The number of ether oxygens (including phenoxy) is 1. The number of aryl methyl sites for hydroxylation is 1. The lowest BCUT2D eigenvalue weighted by Crippen LogP contribution is -2.36. The predicted molar refractivity (Wildman–Crippen MR) is 118 cm³/mol. The topological polar surface area (TPSA) is 79.6 Å². The predicted octanol–water partition coefficient (Wildman–Crippen LogP) is 4.66. The van der Waals surface area contributed by atoms with Crippen molar-refractivity contribution in [2.24, 2.45) is 0 Å². The van der Waals surface area contributed by atoms with Crippen LogP contribution in [0.5, 0.6) is 0 Å². The van der Waals surface area contributed by atoms with Gasteiger partial charge in [-0.3, -0.25) is 4.79 Å². The van der Waals surface area contributed by atoms with E-state index >= 15 is 0 Å². The molecule has 2 aromatic carbocycles. The SMILES string of the molecule is Cc1ccc(Nc2cc(F)cc(N3CCOCC3)c2)cc1-c1cc(C(=O)NCC(F)(F)F)on1. The average Bonchev–Trinajstić information content (AvgIpc) is 3.29. The van der Waals surface area contributed by atoms with Crippen LogP contribution in [0.15, 0.2) is 47.0 Å². The Morgan fingerprint density at radius 2 is 1.85 bits per heavy atom. The third-order valence-corrected chi connectivity index (χ3v) is 5.24. The highest BCUT2D eigenvalue weighted by Crippen LogP contribution is 2.30. The van der Waals surface area contributed by atoms with Crippen LogP contribution in [0.25, 0.3) is 11.3 Å². The van der Waals surface area contributed by atoms with E-state index in [1.54, 1.807) is 23.5 Å². The van der Waals surface area contributed by atoms with Gasteiger partial charge in [0, 0.05) is 41.8 Å². The molecule has 0 aliphatic carbocycles. The van der Waals surface area contributed by atoms with Gasteiger partial charge in [0.2, 0.25) is 5.76 Å². The zero-order valence-corrected chi connectivity index (χ0v) is 18.2. The molecule has 1 aromatic heterocycles. The van der Waals surface area contributed by atoms with Crippen molar-refractivity contribution in [3.05, 3.63) is 59.6 Å². The van der Waals surface area contributed by atoms with E-state index in [9.17, 15) is 22.4 Å². The third kappa shape index (κ3) is 5.84. The van der Waals surface area contributed by atoms with Gasteiger partial charge in [0.1, 0.15) is 18.1 Å². The molecular formula is C23H22F4N4O3. The highest BCUT2D eigenvalue weighted by atomic mass is 19.4. The Labute approximate surface area is 192 Å². The molecule has 1 aliphatic heterocycles. The number of halogens is 4. The van der Waals surface area contributed by atoms with E-state index in [0.29, 0.717) is 43.2 Å². The number of anilines is 3. The van der Waals surface area contributed by atoms with Crippen molar-refractivity contribution >= 4 is 23.0 Å². The van der Waals surface area contributed by atoms with Crippen LogP contribution in [0.3, 0.4) is 0 Å². The van der Waals surface area contributed by atoms with Gasteiger partial charge >= 0.3 is 6.18 Å². The number of rotatable bonds is 6. The highest BCUT2D eigenvalue weighted by Gasteiger charge is 2.29. The van der Waals surface area contributed by atoms with Crippen LogP contribution in [-0.2, 0) is 4.74 Å². The Morgan fingerprint density at radius 1 is 1.09 bits per heavy atom.